The summed E-state index contributed by atoms with van der Waals surface area (Å²) in [6.07, 6.45) is 1.98. The number of carbonyl (C=O) groups is 1. The van der Waals surface area contributed by atoms with Gasteiger partial charge in [0.1, 0.15) is 0 Å². The highest BCUT2D eigenvalue weighted by Gasteiger charge is 2.14. The number of nitrogens with zero attached hydrogens (tertiary/aromatic N) is 1. The van der Waals surface area contributed by atoms with Crippen molar-refractivity contribution in [2.45, 2.75) is 0 Å². The Bertz CT molecular complexity index is 1260. The summed E-state index contributed by atoms with van der Waals surface area (Å²) < 4.78 is 1.98. The average molecular weight is 347 g/mol. The van der Waals surface area contributed by atoms with E-state index in [1.54, 1.807) is 0 Å². The predicted molar refractivity (Wildman–Crippen MR) is 110 cm³/mol. The third-order valence-corrected chi connectivity index (χ3v) is 5.04. The van der Waals surface area contributed by atoms with E-state index in [0.29, 0.717) is 11.3 Å². The second kappa shape index (κ2) is 6.26. The Morgan fingerprint density at radius 1 is 0.630 bits per heavy atom. The zero-order valence-electron chi connectivity index (χ0n) is 14.7. The molecule has 27 heavy (non-hydrogen) atoms. The average Bonchev–Trinajstić information content (AvgIpc) is 3.19. The van der Waals surface area contributed by atoms with Crippen LogP contribution in [0.15, 0.2) is 103 Å². The van der Waals surface area contributed by atoms with Gasteiger partial charge in [-0.05, 0) is 34.7 Å². The fraction of sp³-hybridized carbons (Fsp3) is 0. The molecule has 0 atom stereocenters. The third kappa shape index (κ3) is 2.63. The van der Waals surface area contributed by atoms with Crippen molar-refractivity contribution in [1.29, 1.82) is 0 Å². The fourth-order valence-corrected chi connectivity index (χ4v) is 3.64. The first kappa shape index (κ1) is 15.6. The SMILES string of the molecule is O=C(c1ccc(-c2ccccc2)cc1)c1ccc2c3ccccc3ccn12. The number of ketones is 1. The summed E-state index contributed by atoms with van der Waals surface area (Å²) in [5.41, 5.74) is 4.69. The maximum Gasteiger partial charge on any atom is 0.209 e. The molecule has 0 aliphatic rings. The maximum atomic E-state index is 13.1. The van der Waals surface area contributed by atoms with Gasteiger partial charge >= 0.3 is 0 Å². The van der Waals surface area contributed by atoms with Crippen molar-refractivity contribution in [3.63, 3.8) is 0 Å². The lowest BCUT2D eigenvalue weighted by atomic mass is 10.0. The van der Waals surface area contributed by atoms with Crippen molar-refractivity contribution >= 4 is 22.1 Å². The molecule has 2 nitrogen and oxygen atoms in total. The molecule has 5 aromatic rings. The molecule has 5 rings (SSSR count). The molecule has 0 radical (unpaired) electrons. The largest absolute Gasteiger partial charge is 0.313 e. The molecule has 0 aliphatic carbocycles. The summed E-state index contributed by atoms with van der Waals surface area (Å²) in [6, 6.07) is 32.2. The highest BCUT2D eigenvalue weighted by molar-refractivity contribution is 6.10. The van der Waals surface area contributed by atoms with Gasteiger partial charge in [-0.2, -0.15) is 0 Å². The molecule has 0 saturated heterocycles. The van der Waals surface area contributed by atoms with Gasteiger partial charge in [-0.1, -0.05) is 78.9 Å². The van der Waals surface area contributed by atoms with Gasteiger partial charge in [0, 0.05) is 17.1 Å². The van der Waals surface area contributed by atoms with E-state index in [4.69, 9.17) is 0 Å². The molecule has 2 heteroatoms. The van der Waals surface area contributed by atoms with Crippen LogP contribution in [0, 0.1) is 0 Å². The van der Waals surface area contributed by atoms with Crippen LogP contribution in [0.5, 0.6) is 0 Å². The minimum absolute atomic E-state index is 0.0323. The fourth-order valence-electron chi connectivity index (χ4n) is 3.64. The molecule has 2 heterocycles. The molecule has 128 valence electrons. The smallest absolute Gasteiger partial charge is 0.209 e. The lowest BCUT2D eigenvalue weighted by Gasteiger charge is -2.06. The minimum Gasteiger partial charge on any atom is -0.313 e. The van der Waals surface area contributed by atoms with E-state index < -0.39 is 0 Å². The van der Waals surface area contributed by atoms with Crippen LogP contribution in [0.2, 0.25) is 0 Å². The van der Waals surface area contributed by atoms with E-state index in [9.17, 15) is 4.79 Å². The molecule has 0 aliphatic heterocycles. The van der Waals surface area contributed by atoms with Crippen LogP contribution in [0.4, 0.5) is 0 Å². The summed E-state index contributed by atoms with van der Waals surface area (Å²) in [7, 11) is 0. The van der Waals surface area contributed by atoms with Gasteiger partial charge in [-0.15, -0.1) is 0 Å². The number of benzene rings is 3. The number of rotatable bonds is 3. The third-order valence-electron chi connectivity index (χ3n) is 5.04. The monoisotopic (exact) mass is 347 g/mol. The van der Waals surface area contributed by atoms with Gasteiger partial charge < -0.3 is 4.40 Å². The van der Waals surface area contributed by atoms with Gasteiger partial charge in [0.2, 0.25) is 5.78 Å². The first-order valence-electron chi connectivity index (χ1n) is 9.00. The lowest BCUT2D eigenvalue weighted by molar-refractivity contribution is 0.103. The standard InChI is InChI=1S/C25H17NO/c27-25(21-12-10-19(11-13-21)18-6-2-1-3-7-18)24-15-14-23-22-9-5-4-8-20(22)16-17-26(23)24/h1-17H. The van der Waals surface area contributed by atoms with Crippen molar-refractivity contribution in [3.8, 4) is 11.1 Å². The molecular weight excluding hydrogens is 330 g/mol. The Morgan fingerprint density at radius 3 is 2.15 bits per heavy atom. The van der Waals surface area contributed by atoms with Crippen molar-refractivity contribution in [3.05, 3.63) is 115 Å². The van der Waals surface area contributed by atoms with Crippen molar-refractivity contribution in [1.82, 2.24) is 4.40 Å². The summed E-state index contributed by atoms with van der Waals surface area (Å²) in [5.74, 6) is 0.0323. The van der Waals surface area contributed by atoms with Gasteiger partial charge in [-0.25, -0.2) is 0 Å². The highest BCUT2D eigenvalue weighted by atomic mass is 16.1. The molecule has 0 spiro atoms. The zero-order valence-corrected chi connectivity index (χ0v) is 14.7. The number of carbonyl (C=O) groups excluding carboxylic acids is 1. The number of pyridine rings is 1. The van der Waals surface area contributed by atoms with Crippen molar-refractivity contribution in [2.75, 3.05) is 0 Å². The predicted octanol–water partition coefficient (Wildman–Crippen LogP) is 5.99. The number of aromatic nitrogens is 1. The quantitative estimate of drug-likeness (QED) is 0.367. The molecule has 2 aromatic heterocycles. The van der Waals surface area contributed by atoms with E-state index in [-0.39, 0.29) is 5.78 Å². The van der Waals surface area contributed by atoms with Crippen LogP contribution < -0.4 is 0 Å². The Morgan fingerprint density at radius 2 is 1.33 bits per heavy atom. The molecule has 0 bridgehead atoms. The normalized spacial score (nSPS) is 11.1. The van der Waals surface area contributed by atoms with Crippen molar-refractivity contribution < 1.29 is 4.79 Å². The topological polar surface area (TPSA) is 21.5 Å². The Balaban J connectivity index is 1.55. The summed E-state index contributed by atoms with van der Waals surface area (Å²) in [4.78, 5) is 13.1. The van der Waals surface area contributed by atoms with Crippen LogP contribution in [-0.4, -0.2) is 10.2 Å². The Kier molecular flexibility index (Phi) is 3.61. The van der Waals surface area contributed by atoms with Crippen LogP contribution in [0.1, 0.15) is 16.1 Å². The van der Waals surface area contributed by atoms with Crippen molar-refractivity contribution in [2.24, 2.45) is 0 Å². The highest BCUT2D eigenvalue weighted by Crippen LogP contribution is 2.24. The maximum absolute atomic E-state index is 13.1. The second-order valence-electron chi connectivity index (χ2n) is 6.65. The number of hydrogen-bond acceptors (Lipinski definition) is 1. The van der Waals surface area contributed by atoms with Crippen LogP contribution in [-0.2, 0) is 0 Å². The molecule has 0 amide bonds. The van der Waals surface area contributed by atoms with E-state index in [2.05, 4.69) is 30.3 Å². The summed E-state index contributed by atoms with van der Waals surface area (Å²) in [5, 5.41) is 2.33. The van der Waals surface area contributed by atoms with E-state index in [1.165, 1.54) is 5.39 Å². The van der Waals surface area contributed by atoms with E-state index in [1.807, 2.05) is 77.3 Å². The van der Waals surface area contributed by atoms with Gasteiger partial charge in [0.15, 0.2) is 0 Å². The molecule has 0 saturated carbocycles. The molecule has 0 fully saturated rings. The molecular formula is C25H17NO. The van der Waals surface area contributed by atoms with Crippen LogP contribution >= 0.6 is 0 Å². The minimum atomic E-state index is 0.0323. The molecule has 0 unspecified atom stereocenters. The molecule has 3 aromatic carbocycles. The lowest BCUT2D eigenvalue weighted by Crippen LogP contribution is -2.05. The first-order chi connectivity index (χ1) is 13.3. The number of fused-ring (bicyclic) bond motifs is 3. The van der Waals surface area contributed by atoms with Gasteiger partial charge in [0.05, 0.1) is 11.2 Å². The van der Waals surface area contributed by atoms with Gasteiger partial charge in [0.25, 0.3) is 0 Å². The van der Waals surface area contributed by atoms with Gasteiger partial charge in [-0.3, -0.25) is 4.79 Å². The van der Waals surface area contributed by atoms with Crippen LogP contribution in [0.3, 0.4) is 0 Å². The summed E-state index contributed by atoms with van der Waals surface area (Å²) >= 11 is 0. The number of hydrogen-bond donors (Lipinski definition) is 0. The first-order valence-corrected chi connectivity index (χ1v) is 9.00. The Labute approximate surface area is 157 Å². The van der Waals surface area contributed by atoms with Crippen LogP contribution in [0.25, 0.3) is 27.4 Å². The second-order valence-corrected chi connectivity index (χ2v) is 6.65. The molecule has 0 N–H and O–H groups in total. The zero-order chi connectivity index (χ0) is 18.2. The van der Waals surface area contributed by atoms with E-state index >= 15 is 0 Å². The summed E-state index contributed by atoms with van der Waals surface area (Å²) in [6.45, 7) is 0. The van der Waals surface area contributed by atoms with E-state index in [0.717, 1.165) is 22.0 Å². The Hall–Kier alpha value is -3.65.